The molecule has 2 aliphatic rings. The zero-order valence-electron chi connectivity index (χ0n) is 11.6. The van der Waals surface area contributed by atoms with Crippen molar-refractivity contribution in [2.75, 3.05) is 19.6 Å². The third-order valence-electron chi connectivity index (χ3n) is 4.24. The van der Waals surface area contributed by atoms with Crippen LogP contribution < -0.4 is 5.32 Å². The van der Waals surface area contributed by atoms with Crippen LogP contribution in [-0.2, 0) is 16.0 Å². The van der Waals surface area contributed by atoms with Crippen molar-refractivity contribution < 1.29 is 9.59 Å². The summed E-state index contributed by atoms with van der Waals surface area (Å²) >= 11 is 0. The lowest BCUT2D eigenvalue weighted by atomic mass is 9.82. The molecule has 4 heteroatoms. The van der Waals surface area contributed by atoms with E-state index >= 15 is 0 Å². The molecular weight excluding hydrogens is 252 g/mol. The van der Waals surface area contributed by atoms with Crippen LogP contribution in [-0.4, -0.2) is 36.3 Å². The maximum atomic E-state index is 12.8. The van der Waals surface area contributed by atoms with E-state index in [1.165, 1.54) is 5.56 Å². The Morgan fingerprint density at radius 2 is 2.10 bits per heavy atom. The largest absolute Gasteiger partial charge is 0.354 e. The molecule has 0 aromatic heterocycles. The molecule has 0 spiro atoms. The van der Waals surface area contributed by atoms with Gasteiger partial charge in [-0.2, -0.15) is 0 Å². The van der Waals surface area contributed by atoms with Crippen molar-refractivity contribution >= 4 is 11.8 Å². The number of nitrogens with one attached hydrogen (secondary N) is 1. The number of hydrogen-bond donors (Lipinski definition) is 1. The minimum Gasteiger partial charge on any atom is -0.354 e. The van der Waals surface area contributed by atoms with Gasteiger partial charge in [0.2, 0.25) is 11.8 Å². The first-order chi connectivity index (χ1) is 9.75. The minimum atomic E-state index is -0.0640. The van der Waals surface area contributed by atoms with Gasteiger partial charge in [0.05, 0.1) is 12.5 Å². The van der Waals surface area contributed by atoms with Crippen LogP contribution in [0.25, 0.3) is 0 Å². The molecule has 20 heavy (non-hydrogen) atoms. The third-order valence-corrected chi connectivity index (χ3v) is 4.24. The SMILES string of the molecule is O=C1CN(C(=O)C2CCCc3ccccc32)CCCN1. The van der Waals surface area contributed by atoms with Crippen LogP contribution in [0.2, 0.25) is 0 Å². The Morgan fingerprint density at radius 3 is 3.00 bits per heavy atom. The summed E-state index contributed by atoms with van der Waals surface area (Å²) in [6.07, 6.45) is 3.84. The Morgan fingerprint density at radius 1 is 1.25 bits per heavy atom. The molecular formula is C16H20N2O2. The van der Waals surface area contributed by atoms with Crippen molar-refractivity contribution in [3.8, 4) is 0 Å². The maximum absolute atomic E-state index is 12.8. The van der Waals surface area contributed by atoms with Crippen molar-refractivity contribution in [1.82, 2.24) is 10.2 Å². The van der Waals surface area contributed by atoms with Crippen LogP contribution >= 0.6 is 0 Å². The summed E-state index contributed by atoms with van der Waals surface area (Å²) in [5.41, 5.74) is 2.45. The molecule has 0 saturated carbocycles. The molecule has 1 aromatic carbocycles. The van der Waals surface area contributed by atoms with Crippen molar-refractivity contribution in [2.24, 2.45) is 0 Å². The van der Waals surface area contributed by atoms with Crippen molar-refractivity contribution in [2.45, 2.75) is 31.6 Å². The van der Waals surface area contributed by atoms with Crippen molar-refractivity contribution in [3.63, 3.8) is 0 Å². The molecule has 4 nitrogen and oxygen atoms in total. The van der Waals surface area contributed by atoms with Gasteiger partial charge in [0.1, 0.15) is 0 Å². The molecule has 2 amide bonds. The topological polar surface area (TPSA) is 49.4 Å². The number of carbonyl (C=O) groups is 2. The molecule has 1 fully saturated rings. The van der Waals surface area contributed by atoms with E-state index in [9.17, 15) is 9.59 Å². The van der Waals surface area contributed by atoms with Crippen molar-refractivity contribution in [3.05, 3.63) is 35.4 Å². The van der Waals surface area contributed by atoms with Gasteiger partial charge >= 0.3 is 0 Å². The summed E-state index contributed by atoms with van der Waals surface area (Å²) in [6, 6.07) is 8.21. The highest BCUT2D eigenvalue weighted by atomic mass is 16.2. The lowest BCUT2D eigenvalue weighted by Crippen LogP contribution is -2.40. The van der Waals surface area contributed by atoms with Gasteiger partial charge in [0.25, 0.3) is 0 Å². The van der Waals surface area contributed by atoms with Gasteiger partial charge in [-0.15, -0.1) is 0 Å². The molecule has 3 rings (SSSR count). The maximum Gasteiger partial charge on any atom is 0.239 e. The highest BCUT2D eigenvalue weighted by molar-refractivity contribution is 5.89. The fraction of sp³-hybridized carbons (Fsp3) is 0.500. The van der Waals surface area contributed by atoms with Gasteiger partial charge in [-0.25, -0.2) is 0 Å². The zero-order chi connectivity index (χ0) is 13.9. The Bertz CT molecular complexity index is 527. The molecule has 0 radical (unpaired) electrons. The molecule has 1 aliphatic carbocycles. The van der Waals surface area contributed by atoms with E-state index in [0.717, 1.165) is 31.2 Å². The van der Waals surface area contributed by atoms with Gasteiger partial charge in [0.15, 0.2) is 0 Å². The average molecular weight is 272 g/mol. The molecule has 1 saturated heterocycles. The van der Waals surface area contributed by atoms with Crippen LogP contribution in [0.15, 0.2) is 24.3 Å². The summed E-state index contributed by atoms with van der Waals surface area (Å²) in [5.74, 6) is 0.0139. The van der Waals surface area contributed by atoms with Gasteiger partial charge < -0.3 is 10.2 Å². The van der Waals surface area contributed by atoms with Crippen molar-refractivity contribution in [1.29, 1.82) is 0 Å². The van der Waals surface area contributed by atoms with Crippen LogP contribution in [0.1, 0.15) is 36.3 Å². The van der Waals surface area contributed by atoms with E-state index in [1.54, 1.807) is 4.90 Å². The van der Waals surface area contributed by atoms with Crippen LogP contribution in [0.4, 0.5) is 0 Å². The van der Waals surface area contributed by atoms with Gasteiger partial charge in [-0.05, 0) is 36.8 Å². The number of fused-ring (bicyclic) bond motifs is 1. The standard InChI is InChI=1S/C16H20N2O2/c19-15-11-18(10-4-9-17-15)16(20)14-8-3-6-12-5-1-2-7-13(12)14/h1-2,5,7,14H,3-4,6,8-11H2,(H,17,19). The van der Waals surface area contributed by atoms with Crippen LogP contribution in [0.5, 0.6) is 0 Å². The Balaban J connectivity index is 1.82. The summed E-state index contributed by atoms with van der Waals surface area (Å²) in [7, 11) is 0. The third kappa shape index (κ3) is 2.55. The second-order valence-corrected chi connectivity index (χ2v) is 5.61. The Hall–Kier alpha value is -1.84. The number of nitrogens with zero attached hydrogens (tertiary/aromatic N) is 1. The molecule has 1 aromatic rings. The van der Waals surface area contributed by atoms with E-state index in [4.69, 9.17) is 0 Å². The predicted octanol–water partition coefficient (Wildman–Crippen LogP) is 1.45. The fourth-order valence-electron chi connectivity index (χ4n) is 3.22. The zero-order valence-corrected chi connectivity index (χ0v) is 11.6. The van der Waals surface area contributed by atoms with E-state index in [1.807, 2.05) is 12.1 Å². The smallest absolute Gasteiger partial charge is 0.239 e. The summed E-state index contributed by atoms with van der Waals surface area (Å²) < 4.78 is 0. The monoisotopic (exact) mass is 272 g/mol. The first-order valence-corrected chi connectivity index (χ1v) is 7.39. The fourth-order valence-corrected chi connectivity index (χ4v) is 3.22. The molecule has 1 atom stereocenters. The van der Waals surface area contributed by atoms with Gasteiger partial charge in [-0.1, -0.05) is 24.3 Å². The van der Waals surface area contributed by atoms with Crippen LogP contribution in [0.3, 0.4) is 0 Å². The van der Waals surface area contributed by atoms with E-state index in [2.05, 4.69) is 17.4 Å². The number of hydrogen-bond acceptors (Lipinski definition) is 2. The Kier molecular flexibility index (Phi) is 3.72. The van der Waals surface area contributed by atoms with E-state index in [-0.39, 0.29) is 24.3 Å². The molecule has 0 bridgehead atoms. The number of carbonyl (C=O) groups excluding carboxylic acids is 2. The summed E-state index contributed by atoms with van der Waals surface area (Å²) in [5, 5.41) is 2.82. The molecule has 1 heterocycles. The molecule has 1 unspecified atom stereocenters. The quantitative estimate of drug-likeness (QED) is 0.841. The normalized spacial score (nSPS) is 22.7. The van der Waals surface area contributed by atoms with E-state index < -0.39 is 0 Å². The lowest BCUT2D eigenvalue weighted by molar-refractivity contribution is -0.136. The second-order valence-electron chi connectivity index (χ2n) is 5.61. The summed E-state index contributed by atoms with van der Waals surface area (Å²) in [6.45, 7) is 1.55. The van der Waals surface area contributed by atoms with Gasteiger partial charge in [-0.3, -0.25) is 9.59 Å². The second kappa shape index (κ2) is 5.65. The molecule has 106 valence electrons. The highest BCUT2D eigenvalue weighted by Gasteiger charge is 2.31. The van der Waals surface area contributed by atoms with E-state index in [0.29, 0.717) is 13.1 Å². The van der Waals surface area contributed by atoms with Crippen LogP contribution in [0, 0.1) is 0 Å². The predicted molar refractivity (Wildman–Crippen MR) is 76.3 cm³/mol. The number of aryl methyl sites for hydroxylation is 1. The average Bonchev–Trinajstić information content (AvgIpc) is 2.70. The number of rotatable bonds is 1. The minimum absolute atomic E-state index is 0.0417. The number of amides is 2. The lowest BCUT2D eigenvalue weighted by Gasteiger charge is -2.29. The summed E-state index contributed by atoms with van der Waals surface area (Å²) in [4.78, 5) is 26.1. The first-order valence-electron chi connectivity index (χ1n) is 7.39. The first kappa shape index (κ1) is 13.2. The molecule has 1 N–H and O–H groups in total. The Labute approximate surface area is 119 Å². The number of benzene rings is 1. The highest BCUT2D eigenvalue weighted by Crippen LogP contribution is 2.32. The van der Waals surface area contributed by atoms with Gasteiger partial charge in [0, 0.05) is 13.1 Å². The molecule has 1 aliphatic heterocycles.